The summed E-state index contributed by atoms with van der Waals surface area (Å²) in [6.45, 7) is 4.34. The molecule has 0 aliphatic carbocycles. The Hall–Kier alpha value is -2.41. The minimum absolute atomic E-state index is 0.189. The fourth-order valence-corrected chi connectivity index (χ4v) is 2.85. The molecule has 1 heterocycles. The van der Waals surface area contributed by atoms with E-state index in [1.165, 1.54) is 22.3 Å². The highest BCUT2D eigenvalue weighted by Crippen LogP contribution is 2.34. The second-order valence-electron chi connectivity index (χ2n) is 5.40. The molecule has 1 heteroatoms. The molecular weight excluding hydrogens is 254 g/mol. The van der Waals surface area contributed by atoms with Gasteiger partial charge in [-0.15, -0.1) is 0 Å². The SMILES string of the molecule is Cc1ccccc1C(c1ccccn1)c1ccccc1C. The van der Waals surface area contributed by atoms with Gasteiger partial charge in [0.2, 0.25) is 0 Å². The summed E-state index contributed by atoms with van der Waals surface area (Å²) in [5.74, 6) is 0.189. The number of rotatable bonds is 3. The summed E-state index contributed by atoms with van der Waals surface area (Å²) in [4.78, 5) is 4.61. The lowest BCUT2D eigenvalue weighted by Crippen LogP contribution is -2.08. The van der Waals surface area contributed by atoms with Crippen LogP contribution in [0.1, 0.15) is 33.9 Å². The van der Waals surface area contributed by atoms with Gasteiger partial charge in [0.15, 0.2) is 0 Å². The predicted octanol–water partition coefficient (Wildman–Crippen LogP) is 4.88. The molecule has 0 saturated carbocycles. The van der Waals surface area contributed by atoms with E-state index in [9.17, 15) is 0 Å². The average Bonchev–Trinajstić information content (AvgIpc) is 2.52. The van der Waals surface area contributed by atoms with E-state index in [2.05, 4.69) is 79.5 Å². The highest BCUT2D eigenvalue weighted by Gasteiger charge is 2.20. The van der Waals surface area contributed by atoms with Gasteiger partial charge >= 0.3 is 0 Å². The van der Waals surface area contributed by atoms with Gasteiger partial charge in [0.25, 0.3) is 0 Å². The number of aryl methyl sites for hydroxylation is 2. The summed E-state index contributed by atoms with van der Waals surface area (Å²) >= 11 is 0. The zero-order chi connectivity index (χ0) is 14.7. The maximum atomic E-state index is 4.61. The molecule has 0 atom stereocenters. The minimum atomic E-state index is 0.189. The number of pyridine rings is 1. The van der Waals surface area contributed by atoms with Crippen LogP contribution in [0.5, 0.6) is 0 Å². The molecule has 0 fully saturated rings. The first-order valence-electron chi connectivity index (χ1n) is 7.29. The van der Waals surface area contributed by atoms with Gasteiger partial charge in [-0.05, 0) is 48.2 Å². The fraction of sp³-hybridized carbons (Fsp3) is 0.150. The maximum absolute atomic E-state index is 4.61. The molecule has 1 nitrogen and oxygen atoms in total. The van der Waals surface area contributed by atoms with Crippen molar-refractivity contribution in [1.82, 2.24) is 4.98 Å². The van der Waals surface area contributed by atoms with E-state index in [-0.39, 0.29) is 5.92 Å². The smallest absolute Gasteiger partial charge is 0.0522 e. The zero-order valence-electron chi connectivity index (χ0n) is 12.5. The molecule has 0 saturated heterocycles. The Balaban J connectivity index is 2.22. The van der Waals surface area contributed by atoms with Crippen LogP contribution < -0.4 is 0 Å². The molecule has 0 bridgehead atoms. The number of hydrogen-bond acceptors (Lipinski definition) is 1. The Kier molecular flexibility index (Phi) is 3.83. The van der Waals surface area contributed by atoms with Gasteiger partial charge in [0.1, 0.15) is 0 Å². The number of hydrogen-bond donors (Lipinski definition) is 0. The minimum Gasteiger partial charge on any atom is -0.260 e. The van der Waals surface area contributed by atoms with Crippen molar-refractivity contribution in [2.24, 2.45) is 0 Å². The third-order valence-electron chi connectivity index (χ3n) is 3.98. The molecule has 0 N–H and O–H groups in total. The molecule has 0 unspecified atom stereocenters. The Morgan fingerprint density at radius 2 is 1.19 bits per heavy atom. The Bertz CT molecular complexity index is 686. The van der Waals surface area contributed by atoms with Crippen molar-refractivity contribution in [1.29, 1.82) is 0 Å². The van der Waals surface area contributed by atoms with Crippen molar-refractivity contribution < 1.29 is 0 Å². The molecule has 3 aromatic rings. The number of nitrogens with zero attached hydrogens (tertiary/aromatic N) is 1. The molecule has 21 heavy (non-hydrogen) atoms. The van der Waals surface area contributed by atoms with Crippen LogP contribution in [0.2, 0.25) is 0 Å². The summed E-state index contributed by atoms with van der Waals surface area (Å²) in [5, 5.41) is 0. The Morgan fingerprint density at radius 3 is 1.67 bits per heavy atom. The second kappa shape index (κ2) is 5.92. The fourth-order valence-electron chi connectivity index (χ4n) is 2.85. The lowest BCUT2D eigenvalue weighted by atomic mass is 9.84. The summed E-state index contributed by atoms with van der Waals surface area (Å²) in [7, 11) is 0. The highest BCUT2D eigenvalue weighted by molar-refractivity contribution is 5.46. The predicted molar refractivity (Wildman–Crippen MR) is 87.5 cm³/mol. The first-order valence-corrected chi connectivity index (χ1v) is 7.29. The summed E-state index contributed by atoms with van der Waals surface area (Å²) in [6.07, 6.45) is 1.87. The number of benzene rings is 2. The molecule has 0 amide bonds. The molecule has 2 aromatic carbocycles. The summed E-state index contributed by atoms with van der Waals surface area (Å²) in [5.41, 5.74) is 6.35. The van der Waals surface area contributed by atoms with Crippen LogP contribution >= 0.6 is 0 Å². The largest absolute Gasteiger partial charge is 0.260 e. The van der Waals surface area contributed by atoms with Crippen LogP contribution in [0, 0.1) is 13.8 Å². The third-order valence-corrected chi connectivity index (χ3v) is 3.98. The molecule has 104 valence electrons. The van der Waals surface area contributed by atoms with Gasteiger partial charge in [0, 0.05) is 6.20 Å². The standard InChI is InChI=1S/C20H19N/c1-15-9-3-5-11-17(15)20(19-13-7-8-14-21-19)18-12-6-4-10-16(18)2/h3-14,20H,1-2H3. The first kappa shape index (κ1) is 13.6. The topological polar surface area (TPSA) is 12.9 Å². The van der Waals surface area contributed by atoms with E-state index in [0.29, 0.717) is 0 Å². The molecule has 0 aliphatic heterocycles. The quantitative estimate of drug-likeness (QED) is 0.663. The number of aromatic nitrogens is 1. The van der Waals surface area contributed by atoms with Crippen LogP contribution in [0.15, 0.2) is 72.9 Å². The molecule has 0 aliphatic rings. The van der Waals surface area contributed by atoms with Crippen LogP contribution in [-0.4, -0.2) is 4.98 Å². The Labute approximate surface area is 126 Å². The zero-order valence-corrected chi connectivity index (χ0v) is 12.5. The van der Waals surface area contributed by atoms with E-state index >= 15 is 0 Å². The third kappa shape index (κ3) is 2.73. The lowest BCUT2D eigenvalue weighted by Gasteiger charge is -2.21. The highest BCUT2D eigenvalue weighted by atomic mass is 14.7. The van der Waals surface area contributed by atoms with Crippen molar-refractivity contribution in [3.05, 3.63) is 101 Å². The van der Waals surface area contributed by atoms with Crippen molar-refractivity contribution in [3.63, 3.8) is 0 Å². The van der Waals surface area contributed by atoms with Crippen LogP contribution in [-0.2, 0) is 0 Å². The maximum Gasteiger partial charge on any atom is 0.0522 e. The van der Waals surface area contributed by atoms with Gasteiger partial charge in [-0.1, -0.05) is 54.6 Å². The molecular formula is C20H19N. The van der Waals surface area contributed by atoms with Gasteiger partial charge < -0.3 is 0 Å². The van der Waals surface area contributed by atoms with Crippen molar-refractivity contribution >= 4 is 0 Å². The van der Waals surface area contributed by atoms with Crippen molar-refractivity contribution in [2.75, 3.05) is 0 Å². The van der Waals surface area contributed by atoms with Gasteiger partial charge in [-0.2, -0.15) is 0 Å². The first-order chi connectivity index (χ1) is 10.3. The van der Waals surface area contributed by atoms with Gasteiger partial charge in [-0.25, -0.2) is 0 Å². The van der Waals surface area contributed by atoms with Crippen molar-refractivity contribution in [3.8, 4) is 0 Å². The van der Waals surface area contributed by atoms with E-state index in [0.717, 1.165) is 5.69 Å². The lowest BCUT2D eigenvalue weighted by molar-refractivity contribution is 0.899. The van der Waals surface area contributed by atoms with Gasteiger partial charge in [-0.3, -0.25) is 4.98 Å². The molecule has 0 spiro atoms. The van der Waals surface area contributed by atoms with E-state index in [1.807, 2.05) is 12.3 Å². The summed E-state index contributed by atoms with van der Waals surface area (Å²) < 4.78 is 0. The molecule has 0 radical (unpaired) electrons. The van der Waals surface area contributed by atoms with Gasteiger partial charge in [0.05, 0.1) is 11.6 Å². The monoisotopic (exact) mass is 273 g/mol. The molecule has 1 aromatic heterocycles. The van der Waals surface area contributed by atoms with Crippen LogP contribution in [0.4, 0.5) is 0 Å². The second-order valence-corrected chi connectivity index (χ2v) is 5.40. The van der Waals surface area contributed by atoms with E-state index < -0.39 is 0 Å². The normalized spacial score (nSPS) is 10.8. The van der Waals surface area contributed by atoms with E-state index in [1.54, 1.807) is 0 Å². The summed E-state index contributed by atoms with van der Waals surface area (Å²) in [6, 6.07) is 23.3. The van der Waals surface area contributed by atoms with Crippen LogP contribution in [0.3, 0.4) is 0 Å². The van der Waals surface area contributed by atoms with E-state index in [4.69, 9.17) is 0 Å². The van der Waals surface area contributed by atoms with Crippen molar-refractivity contribution in [2.45, 2.75) is 19.8 Å². The molecule has 3 rings (SSSR count). The Morgan fingerprint density at radius 1 is 0.667 bits per heavy atom. The average molecular weight is 273 g/mol. The van der Waals surface area contributed by atoms with Crippen LogP contribution in [0.25, 0.3) is 0 Å².